The molecule has 1 N–H and O–H groups in total. The number of hydrogen-bond acceptors (Lipinski definition) is 4. The van der Waals surface area contributed by atoms with Crippen LogP contribution in [-0.4, -0.2) is 63.4 Å². The van der Waals surface area contributed by atoms with Crippen LogP contribution in [0.4, 0.5) is 16.2 Å². The minimum absolute atomic E-state index is 0.0589. The molecule has 2 saturated heterocycles. The summed E-state index contributed by atoms with van der Waals surface area (Å²) in [7, 11) is 1.68. The van der Waals surface area contributed by atoms with E-state index in [9.17, 15) is 4.79 Å². The number of nitrogens with zero attached hydrogens (tertiary/aromatic N) is 3. The van der Waals surface area contributed by atoms with Crippen molar-refractivity contribution < 1.29 is 9.53 Å². The molecule has 0 atom stereocenters. The van der Waals surface area contributed by atoms with Gasteiger partial charge in [-0.3, -0.25) is 0 Å². The molecule has 0 aromatic heterocycles. The SMILES string of the molecule is COc1ccc(N2CCC(NC(=O)N3CCN(c4cccc(Cl)c4)CC3)CC2)cc1. The summed E-state index contributed by atoms with van der Waals surface area (Å²) in [6.07, 6.45) is 1.92. The maximum Gasteiger partial charge on any atom is 0.317 e. The van der Waals surface area contributed by atoms with Crippen molar-refractivity contribution in [2.24, 2.45) is 0 Å². The summed E-state index contributed by atoms with van der Waals surface area (Å²) in [5.41, 5.74) is 2.33. The average Bonchev–Trinajstić information content (AvgIpc) is 2.80. The van der Waals surface area contributed by atoms with Gasteiger partial charge in [0.1, 0.15) is 5.75 Å². The molecule has 7 heteroatoms. The number of halogens is 1. The van der Waals surface area contributed by atoms with Crippen LogP contribution >= 0.6 is 11.6 Å². The molecule has 0 spiro atoms. The molecule has 160 valence electrons. The van der Waals surface area contributed by atoms with E-state index in [1.54, 1.807) is 7.11 Å². The van der Waals surface area contributed by atoms with Gasteiger partial charge in [-0.25, -0.2) is 4.79 Å². The molecule has 0 aliphatic carbocycles. The fourth-order valence-corrected chi connectivity index (χ4v) is 4.37. The number of methoxy groups -OCH3 is 1. The van der Waals surface area contributed by atoms with Gasteiger partial charge in [-0.15, -0.1) is 0 Å². The van der Waals surface area contributed by atoms with Crippen LogP contribution in [0.2, 0.25) is 5.02 Å². The highest BCUT2D eigenvalue weighted by Gasteiger charge is 2.25. The highest BCUT2D eigenvalue weighted by Crippen LogP contribution is 2.23. The number of hydrogen-bond donors (Lipinski definition) is 1. The molecule has 2 fully saturated rings. The Bertz CT molecular complexity index is 845. The van der Waals surface area contributed by atoms with Crippen molar-refractivity contribution in [2.45, 2.75) is 18.9 Å². The van der Waals surface area contributed by atoms with Gasteiger partial charge in [-0.2, -0.15) is 0 Å². The predicted octanol–water partition coefficient (Wildman–Crippen LogP) is 3.85. The maximum atomic E-state index is 12.7. The summed E-state index contributed by atoms with van der Waals surface area (Å²) >= 11 is 6.10. The number of piperidine rings is 1. The second kappa shape index (κ2) is 9.47. The first-order chi connectivity index (χ1) is 14.6. The molecule has 2 aromatic carbocycles. The first-order valence-electron chi connectivity index (χ1n) is 10.6. The standard InChI is InChI=1S/C23H29ClN4O2/c1-30-22-7-5-20(6-8-22)26-11-9-19(10-12-26)25-23(29)28-15-13-27(14-16-28)21-4-2-3-18(24)17-21/h2-8,17,19H,9-16H2,1H3,(H,25,29). The molecule has 2 aliphatic heterocycles. The van der Waals surface area contributed by atoms with E-state index in [4.69, 9.17) is 16.3 Å². The Balaban J connectivity index is 1.22. The van der Waals surface area contributed by atoms with Gasteiger partial charge >= 0.3 is 6.03 Å². The maximum absolute atomic E-state index is 12.7. The number of carbonyl (C=O) groups is 1. The number of nitrogens with one attached hydrogen (secondary N) is 1. The van der Waals surface area contributed by atoms with Crippen molar-refractivity contribution in [2.75, 3.05) is 56.2 Å². The van der Waals surface area contributed by atoms with Crippen LogP contribution < -0.4 is 19.9 Å². The zero-order chi connectivity index (χ0) is 20.9. The van der Waals surface area contributed by atoms with Crippen molar-refractivity contribution in [1.29, 1.82) is 0 Å². The molecule has 4 rings (SSSR count). The van der Waals surface area contributed by atoms with E-state index in [1.807, 2.05) is 35.2 Å². The van der Waals surface area contributed by atoms with Crippen LogP contribution in [0.3, 0.4) is 0 Å². The minimum atomic E-state index is 0.0589. The summed E-state index contributed by atoms with van der Waals surface area (Å²) < 4.78 is 5.23. The van der Waals surface area contributed by atoms with Gasteiger partial charge in [0, 0.05) is 61.7 Å². The Morgan fingerprint density at radius 3 is 2.23 bits per heavy atom. The lowest BCUT2D eigenvalue weighted by atomic mass is 10.0. The highest BCUT2D eigenvalue weighted by atomic mass is 35.5. The molecule has 2 aliphatic rings. The van der Waals surface area contributed by atoms with E-state index in [-0.39, 0.29) is 12.1 Å². The molecule has 30 heavy (non-hydrogen) atoms. The average molecular weight is 429 g/mol. The first-order valence-corrected chi connectivity index (χ1v) is 10.9. The third-order valence-electron chi connectivity index (χ3n) is 6.00. The van der Waals surface area contributed by atoms with E-state index in [0.717, 1.165) is 68.6 Å². The fraction of sp³-hybridized carbons (Fsp3) is 0.435. The second-order valence-corrected chi connectivity index (χ2v) is 8.30. The summed E-state index contributed by atoms with van der Waals surface area (Å²) in [5, 5.41) is 3.99. The lowest BCUT2D eigenvalue weighted by Gasteiger charge is -2.38. The number of carbonyl (C=O) groups excluding carboxylic acids is 1. The molecule has 2 heterocycles. The first kappa shape index (κ1) is 20.7. The van der Waals surface area contributed by atoms with Crippen LogP contribution in [0, 0.1) is 0 Å². The van der Waals surface area contributed by atoms with E-state index in [0.29, 0.717) is 0 Å². The molecule has 6 nitrogen and oxygen atoms in total. The Morgan fingerprint density at radius 1 is 0.933 bits per heavy atom. The van der Waals surface area contributed by atoms with Crippen LogP contribution in [0.5, 0.6) is 5.75 Å². The van der Waals surface area contributed by atoms with Crippen LogP contribution in [-0.2, 0) is 0 Å². The number of amides is 2. The normalized spacial score (nSPS) is 17.7. The molecular formula is C23H29ClN4O2. The van der Waals surface area contributed by atoms with Gasteiger partial charge in [0.15, 0.2) is 0 Å². The summed E-state index contributed by atoms with van der Waals surface area (Å²) in [5.74, 6) is 0.872. The zero-order valence-corrected chi connectivity index (χ0v) is 18.1. The molecular weight excluding hydrogens is 400 g/mol. The third-order valence-corrected chi connectivity index (χ3v) is 6.24. The van der Waals surface area contributed by atoms with Crippen LogP contribution in [0.25, 0.3) is 0 Å². The smallest absolute Gasteiger partial charge is 0.317 e. The zero-order valence-electron chi connectivity index (χ0n) is 17.4. The number of rotatable bonds is 4. The van der Waals surface area contributed by atoms with Crippen molar-refractivity contribution in [1.82, 2.24) is 10.2 Å². The van der Waals surface area contributed by atoms with Gasteiger partial charge in [-0.05, 0) is 55.3 Å². The van der Waals surface area contributed by atoms with Crippen LogP contribution in [0.15, 0.2) is 48.5 Å². The van der Waals surface area contributed by atoms with Gasteiger partial charge in [0.2, 0.25) is 0 Å². The summed E-state index contributed by atoms with van der Waals surface area (Å²) in [6, 6.07) is 16.4. The molecule has 2 aromatic rings. The number of ether oxygens (including phenoxy) is 1. The highest BCUT2D eigenvalue weighted by molar-refractivity contribution is 6.30. The number of urea groups is 1. The monoisotopic (exact) mass is 428 g/mol. The van der Waals surface area contributed by atoms with E-state index < -0.39 is 0 Å². The van der Waals surface area contributed by atoms with Crippen molar-refractivity contribution >= 4 is 29.0 Å². The van der Waals surface area contributed by atoms with Gasteiger partial charge in [-0.1, -0.05) is 17.7 Å². The lowest BCUT2D eigenvalue weighted by molar-refractivity contribution is 0.188. The molecule has 0 radical (unpaired) electrons. The number of benzene rings is 2. The third kappa shape index (κ3) is 4.93. The van der Waals surface area contributed by atoms with Gasteiger partial charge in [0.25, 0.3) is 0 Å². The minimum Gasteiger partial charge on any atom is -0.497 e. The molecule has 0 saturated carbocycles. The number of anilines is 2. The van der Waals surface area contributed by atoms with Crippen molar-refractivity contribution in [3.63, 3.8) is 0 Å². The fourth-order valence-electron chi connectivity index (χ4n) is 4.18. The Labute approximate surface area is 183 Å². The van der Waals surface area contributed by atoms with Crippen LogP contribution in [0.1, 0.15) is 12.8 Å². The largest absolute Gasteiger partial charge is 0.497 e. The van der Waals surface area contributed by atoms with E-state index in [2.05, 4.69) is 33.3 Å². The molecule has 2 amide bonds. The van der Waals surface area contributed by atoms with Crippen molar-refractivity contribution in [3.05, 3.63) is 53.6 Å². The Hall–Kier alpha value is -2.60. The summed E-state index contributed by atoms with van der Waals surface area (Å²) in [6.45, 7) is 4.99. The predicted molar refractivity (Wildman–Crippen MR) is 122 cm³/mol. The van der Waals surface area contributed by atoms with E-state index in [1.165, 1.54) is 5.69 Å². The van der Waals surface area contributed by atoms with Gasteiger partial charge < -0.3 is 24.8 Å². The number of piperazine rings is 1. The van der Waals surface area contributed by atoms with Gasteiger partial charge in [0.05, 0.1) is 7.11 Å². The Morgan fingerprint density at radius 2 is 1.60 bits per heavy atom. The lowest BCUT2D eigenvalue weighted by Crippen LogP contribution is -2.55. The van der Waals surface area contributed by atoms with E-state index >= 15 is 0 Å². The second-order valence-electron chi connectivity index (χ2n) is 7.86. The molecule has 0 unspecified atom stereocenters. The molecule has 0 bridgehead atoms. The quantitative estimate of drug-likeness (QED) is 0.803. The summed E-state index contributed by atoms with van der Waals surface area (Å²) in [4.78, 5) is 19.3. The van der Waals surface area contributed by atoms with Crippen molar-refractivity contribution in [3.8, 4) is 5.75 Å². The Kier molecular flexibility index (Phi) is 6.53. The topological polar surface area (TPSA) is 48.1 Å².